The number of carbonyl (C=O) groups is 1. The van der Waals surface area contributed by atoms with Gasteiger partial charge in [-0.05, 0) is 30.5 Å². The average molecular weight is 260 g/mol. The highest BCUT2D eigenvalue weighted by Crippen LogP contribution is 2.27. The summed E-state index contributed by atoms with van der Waals surface area (Å²) in [7, 11) is 0. The molecule has 1 aromatic carbocycles. The second-order valence-corrected chi connectivity index (χ2v) is 5.80. The maximum absolute atomic E-state index is 12.1. The van der Waals surface area contributed by atoms with Gasteiger partial charge >= 0.3 is 0 Å². The molecule has 19 heavy (non-hydrogen) atoms. The lowest BCUT2D eigenvalue weighted by atomic mass is 9.99. The van der Waals surface area contributed by atoms with Gasteiger partial charge in [0.1, 0.15) is 0 Å². The van der Waals surface area contributed by atoms with Crippen molar-refractivity contribution < 1.29 is 4.79 Å². The molecule has 1 aliphatic rings. The largest absolute Gasteiger partial charge is 0.314 e. The smallest absolute Gasteiger partial charge is 0.227 e. The lowest BCUT2D eigenvalue weighted by molar-refractivity contribution is -0.119. The molecular weight excluding hydrogens is 236 g/mol. The molecule has 3 nitrogen and oxygen atoms in total. The quantitative estimate of drug-likeness (QED) is 0.882. The highest BCUT2D eigenvalue weighted by Gasteiger charge is 2.24. The third-order valence-corrected chi connectivity index (χ3v) is 3.56. The van der Waals surface area contributed by atoms with Gasteiger partial charge in [-0.1, -0.05) is 39.0 Å². The molecule has 0 saturated heterocycles. The van der Waals surface area contributed by atoms with Gasteiger partial charge in [-0.25, -0.2) is 0 Å². The zero-order chi connectivity index (χ0) is 13.8. The number of para-hydroxylation sites is 1. The third-order valence-electron chi connectivity index (χ3n) is 3.56. The van der Waals surface area contributed by atoms with Crippen LogP contribution in [0, 0.1) is 5.92 Å². The van der Waals surface area contributed by atoms with E-state index in [1.807, 2.05) is 11.0 Å². The number of hydrogen-bond donors (Lipinski definition) is 1. The summed E-state index contributed by atoms with van der Waals surface area (Å²) in [5.74, 6) is 0.715. The zero-order valence-corrected chi connectivity index (χ0v) is 12.1. The van der Waals surface area contributed by atoms with Crippen molar-refractivity contribution in [3.8, 4) is 0 Å². The normalized spacial score (nSPS) is 16.6. The van der Waals surface area contributed by atoms with Crippen LogP contribution in [0.15, 0.2) is 24.3 Å². The molecule has 0 aromatic heterocycles. The summed E-state index contributed by atoms with van der Waals surface area (Å²) >= 11 is 0. The van der Waals surface area contributed by atoms with Gasteiger partial charge in [0.25, 0.3) is 0 Å². The minimum atomic E-state index is 0.259. The first kappa shape index (κ1) is 14.1. The third kappa shape index (κ3) is 3.57. The molecule has 1 atom stereocenters. The van der Waals surface area contributed by atoms with Crippen LogP contribution in [0.5, 0.6) is 0 Å². The number of anilines is 1. The lowest BCUT2D eigenvalue weighted by Crippen LogP contribution is -2.41. The number of carbonyl (C=O) groups excluding carboxylic acids is 1. The molecule has 2 rings (SSSR count). The number of amides is 1. The molecule has 1 N–H and O–H groups in total. The van der Waals surface area contributed by atoms with E-state index in [2.05, 4.69) is 44.3 Å². The number of aryl methyl sites for hydroxylation is 1. The van der Waals surface area contributed by atoms with E-state index >= 15 is 0 Å². The Morgan fingerprint density at radius 3 is 2.68 bits per heavy atom. The molecule has 104 valence electrons. The summed E-state index contributed by atoms with van der Waals surface area (Å²) in [5.41, 5.74) is 2.40. The molecule has 0 radical (unpaired) electrons. The standard InChI is InChI=1S/C16H24N2O/c1-12(2)17-10-13(3)11-18-15-7-5-4-6-14(15)8-9-16(18)19/h4-7,12-13,17H,8-11H2,1-3H3. The summed E-state index contributed by atoms with van der Waals surface area (Å²) in [4.78, 5) is 14.1. The van der Waals surface area contributed by atoms with Crippen molar-refractivity contribution in [2.24, 2.45) is 5.92 Å². The summed E-state index contributed by atoms with van der Waals surface area (Å²) in [5, 5.41) is 3.44. The number of fused-ring (bicyclic) bond motifs is 1. The predicted molar refractivity (Wildman–Crippen MR) is 79.4 cm³/mol. The Labute approximate surface area is 116 Å². The second-order valence-electron chi connectivity index (χ2n) is 5.80. The van der Waals surface area contributed by atoms with E-state index < -0.39 is 0 Å². The van der Waals surface area contributed by atoms with E-state index in [-0.39, 0.29) is 5.91 Å². The summed E-state index contributed by atoms with van der Waals surface area (Å²) in [6.07, 6.45) is 1.52. The first-order valence-electron chi connectivity index (χ1n) is 7.19. The molecule has 1 amide bonds. The highest BCUT2D eigenvalue weighted by atomic mass is 16.2. The molecule has 1 heterocycles. The fourth-order valence-corrected chi connectivity index (χ4v) is 2.51. The second kappa shape index (κ2) is 6.20. The number of nitrogens with zero attached hydrogens (tertiary/aromatic N) is 1. The summed E-state index contributed by atoms with van der Waals surface area (Å²) < 4.78 is 0. The fraction of sp³-hybridized carbons (Fsp3) is 0.562. The van der Waals surface area contributed by atoms with E-state index in [0.717, 1.165) is 25.2 Å². The fourth-order valence-electron chi connectivity index (χ4n) is 2.51. The van der Waals surface area contributed by atoms with E-state index in [1.54, 1.807) is 0 Å². The van der Waals surface area contributed by atoms with Crippen LogP contribution >= 0.6 is 0 Å². The van der Waals surface area contributed by atoms with Gasteiger partial charge in [0.15, 0.2) is 0 Å². The van der Waals surface area contributed by atoms with Crippen molar-refractivity contribution in [2.45, 2.75) is 39.7 Å². The summed E-state index contributed by atoms with van der Waals surface area (Å²) in [6, 6.07) is 8.76. The van der Waals surface area contributed by atoms with Crippen LogP contribution in [0.3, 0.4) is 0 Å². The maximum Gasteiger partial charge on any atom is 0.227 e. The van der Waals surface area contributed by atoms with Crippen molar-refractivity contribution in [3.05, 3.63) is 29.8 Å². The Morgan fingerprint density at radius 2 is 1.95 bits per heavy atom. The van der Waals surface area contributed by atoms with Gasteiger partial charge in [-0.3, -0.25) is 4.79 Å². The van der Waals surface area contributed by atoms with E-state index in [1.165, 1.54) is 5.56 Å². The highest BCUT2D eigenvalue weighted by molar-refractivity contribution is 5.96. The van der Waals surface area contributed by atoms with Crippen LogP contribution in [0.1, 0.15) is 32.8 Å². The van der Waals surface area contributed by atoms with Gasteiger partial charge in [0.2, 0.25) is 5.91 Å². The Hall–Kier alpha value is -1.35. The van der Waals surface area contributed by atoms with Crippen LogP contribution in [0.25, 0.3) is 0 Å². The predicted octanol–water partition coefficient (Wildman–Crippen LogP) is 2.60. The molecule has 0 spiro atoms. The first-order valence-corrected chi connectivity index (χ1v) is 7.19. The maximum atomic E-state index is 12.1. The monoisotopic (exact) mass is 260 g/mol. The minimum absolute atomic E-state index is 0.259. The Balaban J connectivity index is 2.05. The number of rotatable bonds is 5. The van der Waals surface area contributed by atoms with E-state index in [0.29, 0.717) is 18.4 Å². The summed E-state index contributed by atoms with van der Waals surface area (Å²) in [6.45, 7) is 8.24. The molecule has 1 aliphatic heterocycles. The molecule has 1 aromatic rings. The van der Waals surface area contributed by atoms with Gasteiger partial charge in [-0.15, -0.1) is 0 Å². The first-order chi connectivity index (χ1) is 9.08. The topological polar surface area (TPSA) is 32.3 Å². The van der Waals surface area contributed by atoms with Crippen LogP contribution < -0.4 is 10.2 Å². The van der Waals surface area contributed by atoms with Crippen molar-refractivity contribution in [1.82, 2.24) is 5.32 Å². The molecule has 0 saturated carbocycles. The number of benzene rings is 1. The van der Waals surface area contributed by atoms with Crippen LogP contribution in [0.4, 0.5) is 5.69 Å². The van der Waals surface area contributed by atoms with Crippen molar-refractivity contribution in [3.63, 3.8) is 0 Å². The van der Waals surface area contributed by atoms with Crippen molar-refractivity contribution in [1.29, 1.82) is 0 Å². The zero-order valence-electron chi connectivity index (χ0n) is 12.1. The van der Waals surface area contributed by atoms with Crippen LogP contribution in [0.2, 0.25) is 0 Å². The Morgan fingerprint density at radius 1 is 1.21 bits per heavy atom. The molecule has 0 aliphatic carbocycles. The Kier molecular flexibility index (Phi) is 4.59. The van der Waals surface area contributed by atoms with Crippen molar-refractivity contribution in [2.75, 3.05) is 18.0 Å². The van der Waals surface area contributed by atoms with Gasteiger partial charge in [0.05, 0.1) is 0 Å². The van der Waals surface area contributed by atoms with Crippen molar-refractivity contribution >= 4 is 11.6 Å². The average Bonchev–Trinajstić information content (AvgIpc) is 2.40. The van der Waals surface area contributed by atoms with Crippen LogP contribution in [-0.4, -0.2) is 25.0 Å². The van der Waals surface area contributed by atoms with E-state index in [4.69, 9.17) is 0 Å². The van der Waals surface area contributed by atoms with Crippen LogP contribution in [-0.2, 0) is 11.2 Å². The number of hydrogen-bond acceptors (Lipinski definition) is 2. The molecule has 0 fully saturated rings. The van der Waals surface area contributed by atoms with Gasteiger partial charge in [0, 0.05) is 24.7 Å². The lowest BCUT2D eigenvalue weighted by Gasteiger charge is -2.31. The van der Waals surface area contributed by atoms with E-state index in [9.17, 15) is 4.79 Å². The minimum Gasteiger partial charge on any atom is -0.314 e. The SMILES string of the molecule is CC(CNC(C)C)CN1C(=O)CCc2ccccc21. The Bertz CT molecular complexity index is 442. The molecule has 3 heteroatoms. The molecule has 0 bridgehead atoms. The number of nitrogens with one attached hydrogen (secondary N) is 1. The van der Waals surface area contributed by atoms with Gasteiger partial charge < -0.3 is 10.2 Å². The molecule has 1 unspecified atom stereocenters. The molecular formula is C16H24N2O. The van der Waals surface area contributed by atoms with Gasteiger partial charge in [-0.2, -0.15) is 0 Å².